The predicted molar refractivity (Wildman–Crippen MR) is 136 cm³/mol. The molecule has 0 saturated carbocycles. The zero-order chi connectivity index (χ0) is 25.5. The number of nitrogens with one attached hydrogen (secondary N) is 2. The number of thiocarbonyl (C=S) groups is 1. The number of rotatable bonds is 9. The second kappa shape index (κ2) is 11.6. The van der Waals surface area contributed by atoms with Crippen molar-refractivity contribution < 1.29 is 23.9 Å². The zero-order valence-corrected chi connectivity index (χ0v) is 20.7. The van der Waals surface area contributed by atoms with Crippen LogP contribution in [0.4, 0.5) is 11.4 Å². The Kier molecular flexibility index (Phi) is 8.53. The van der Waals surface area contributed by atoms with Crippen LogP contribution in [0.1, 0.15) is 36.2 Å². The average molecular weight is 497 g/mol. The van der Waals surface area contributed by atoms with Gasteiger partial charge < -0.3 is 20.3 Å². The summed E-state index contributed by atoms with van der Waals surface area (Å²) in [5.41, 5.74) is 2.52. The molecule has 0 bridgehead atoms. The third-order valence-electron chi connectivity index (χ3n) is 5.40. The maximum Gasteiger partial charge on any atom is 0.338 e. The maximum absolute atomic E-state index is 13.4. The molecule has 0 radical (unpaired) electrons. The Morgan fingerprint density at radius 1 is 1.06 bits per heavy atom. The molecule has 2 aromatic rings. The van der Waals surface area contributed by atoms with E-state index in [4.69, 9.17) is 17.0 Å². The molecule has 0 aliphatic carbocycles. The molecule has 10 heteroatoms. The number of nitrogens with zero attached hydrogens (tertiary/aromatic N) is 2. The van der Waals surface area contributed by atoms with Crippen LogP contribution < -0.4 is 15.5 Å². The molecule has 35 heavy (non-hydrogen) atoms. The monoisotopic (exact) mass is 496 g/mol. The van der Waals surface area contributed by atoms with Crippen molar-refractivity contribution in [1.82, 2.24) is 10.2 Å². The lowest BCUT2D eigenvalue weighted by Crippen LogP contribution is -2.42. The molecule has 1 atom stereocenters. The average Bonchev–Trinajstić information content (AvgIpc) is 3.04. The third-order valence-corrected chi connectivity index (χ3v) is 5.81. The number of carbonyl (C=O) groups is 4. The summed E-state index contributed by atoms with van der Waals surface area (Å²) in [6.45, 7) is 5.90. The molecule has 184 valence electrons. The Morgan fingerprint density at radius 3 is 2.31 bits per heavy atom. The lowest BCUT2D eigenvalue weighted by atomic mass is 10.1. The summed E-state index contributed by atoms with van der Waals surface area (Å²) in [4.78, 5) is 52.4. The summed E-state index contributed by atoms with van der Waals surface area (Å²) in [5.74, 6) is -1.33. The first kappa shape index (κ1) is 25.8. The van der Waals surface area contributed by atoms with Crippen LogP contribution in [0.3, 0.4) is 0 Å². The fraction of sp³-hybridized carbons (Fsp3) is 0.320. The van der Waals surface area contributed by atoms with Crippen LogP contribution in [0.5, 0.6) is 0 Å². The van der Waals surface area contributed by atoms with Crippen molar-refractivity contribution >= 4 is 52.4 Å². The summed E-state index contributed by atoms with van der Waals surface area (Å²) < 4.78 is 4.96. The van der Waals surface area contributed by atoms with Crippen molar-refractivity contribution in [2.24, 2.45) is 0 Å². The zero-order valence-electron chi connectivity index (χ0n) is 19.9. The summed E-state index contributed by atoms with van der Waals surface area (Å²) in [7, 11) is 0. The van der Waals surface area contributed by atoms with E-state index in [1.807, 2.05) is 19.1 Å². The van der Waals surface area contributed by atoms with Gasteiger partial charge in [-0.2, -0.15) is 0 Å². The van der Waals surface area contributed by atoms with Gasteiger partial charge >= 0.3 is 5.97 Å². The highest BCUT2D eigenvalue weighted by Crippen LogP contribution is 2.27. The normalized spacial score (nSPS) is 15.2. The number of ether oxygens (including phenoxy) is 1. The third kappa shape index (κ3) is 6.42. The molecule has 1 heterocycles. The molecule has 1 saturated heterocycles. The topological polar surface area (TPSA) is 108 Å². The van der Waals surface area contributed by atoms with Gasteiger partial charge in [0.05, 0.1) is 24.3 Å². The van der Waals surface area contributed by atoms with E-state index in [9.17, 15) is 19.2 Å². The van der Waals surface area contributed by atoms with Crippen LogP contribution in [-0.2, 0) is 19.1 Å². The van der Waals surface area contributed by atoms with Gasteiger partial charge in [0.1, 0.15) is 6.04 Å². The van der Waals surface area contributed by atoms with Crippen LogP contribution in [0, 0.1) is 6.92 Å². The van der Waals surface area contributed by atoms with E-state index in [0.717, 1.165) is 5.56 Å². The van der Waals surface area contributed by atoms with E-state index < -0.39 is 12.0 Å². The van der Waals surface area contributed by atoms with Crippen LogP contribution >= 0.6 is 12.2 Å². The molecule has 9 nitrogen and oxygen atoms in total. The Bertz CT molecular complexity index is 1120. The fourth-order valence-corrected chi connectivity index (χ4v) is 4.08. The van der Waals surface area contributed by atoms with Gasteiger partial charge in [-0.25, -0.2) is 4.79 Å². The summed E-state index contributed by atoms with van der Waals surface area (Å²) in [5, 5.41) is 5.73. The molecule has 3 amide bonds. The first-order valence-electron chi connectivity index (χ1n) is 11.2. The molecule has 1 aliphatic heterocycles. The standard InChI is InChI=1S/C25H28N4O5S/c1-4-34-24(33)18-7-9-19(10-8-18)27-22(31)15-21-23(32)29(20-11-5-16(2)6-12-20)25(35)28(21)14-13-26-17(3)30/h5-12,21H,4,13-15H2,1-3H3,(H,26,30)(H,27,31)/t21-/m1/s1. The van der Waals surface area contributed by atoms with E-state index in [1.54, 1.807) is 48.2 Å². The van der Waals surface area contributed by atoms with Gasteiger partial charge in [-0.05, 0) is 62.5 Å². The van der Waals surface area contributed by atoms with Crippen molar-refractivity contribution in [3.63, 3.8) is 0 Å². The molecule has 0 unspecified atom stereocenters. The Balaban J connectivity index is 1.74. The van der Waals surface area contributed by atoms with Crippen molar-refractivity contribution in [2.45, 2.75) is 33.2 Å². The molecule has 2 N–H and O–H groups in total. The largest absolute Gasteiger partial charge is 0.462 e. The van der Waals surface area contributed by atoms with Crippen molar-refractivity contribution in [3.8, 4) is 0 Å². The minimum absolute atomic E-state index is 0.138. The first-order valence-corrected chi connectivity index (χ1v) is 11.6. The minimum atomic E-state index is -0.823. The van der Waals surface area contributed by atoms with Crippen molar-refractivity contribution in [2.75, 3.05) is 29.9 Å². The Hall–Kier alpha value is -3.79. The molecule has 1 aliphatic rings. The van der Waals surface area contributed by atoms with Gasteiger partial charge in [0.15, 0.2) is 5.11 Å². The predicted octanol–water partition coefficient (Wildman–Crippen LogP) is 2.64. The van der Waals surface area contributed by atoms with Crippen LogP contribution in [0.25, 0.3) is 0 Å². The quantitative estimate of drug-likeness (QED) is 0.406. The van der Waals surface area contributed by atoms with E-state index >= 15 is 0 Å². The van der Waals surface area contributed by atoms with E-state index in [1.165, 1.54) is 11.8 Å². The fourth-order valence-electron chi connectivity index (χ4n) is 3.66. The summed E-state index contributed by atoms with van der Waals surface area (Å²) >= 11 is 5.60. The highest BCUT2D eigenvalue weighted by molar-refractivity contribution is 7.80. The number of amides is 3. The Morgan fingerprint density at radius 2 is 1.71 bits per heavy atom. The second-order valence-corrected chi connectivity index (χ2v) is 8.40. The maximum atomic E-state index is 13.4. The highest BCUT2D eigenvalue weighted by atomic mass is 32.1. The van der Waals surface area contributed by atoms with Gasteiger partial charge in [0.25, 0.3) is 5.91 Å². The highest BCUT2D eigenvalue weighted by Gasteiger charge is 2.43. The Labute approximate surface area is 209 Å². The second-order valence-electron chi connectivity index (χ2n) is 8.03. The van der Waals surface area contributed by atoms with Crippen molar-refractivity contribution in [1.29, 1.82) is 0 Å². The van der Waals surface area contributed by atoms with Gasteiger partial charge in [0.2, 0.25) is 11.8 Å². The van der Waals surface area contributed by atoms with Gasteiger partial charge in [0, 0.05) is 25.7 Å². The molecule has 2 aromatic carbocycles. The molecular weight excluding hydrogens is 468 g/mol. The number of hydrogen-bond donors (Lipinski definition) is 2. The first-order chi connectivity index (χ1) is 16.7. The molecular formula is C25H28N4O5S. The molecule has 3 rings (SSSR count). The number of anilines is 2. The number of hydrogen-bond acceptors (Lipinski definition) is 6. The van der Waals surface area contributed by atoms with Gasteiger partial charge in [-0.15, -0.1) is 0 Å². The van der Waals surface area contributed by atoms with E-state index in [-0.39, 0.29) is 49.0 Å². The molecule has 0 aromatic heterocycles. The lowest BCUT2D eigenvalue weighted by molar-refractivity contribution is -0.124. The number of esters is 1. The summed E-state index contributed by atoms with van der Waals surface area (Å²) in [6.07, 6.45) is -0.138. The van der Waals surface area contributed by atoms with Gasteiger partial charge in [-0.3, -0.25) is 19.3 Å². The molecule has 0 spiro atoms. The van der Waals surface area contributed by atoms with Crippen molar-refractivity contribution in [3.05, 3.63) is 59.7 Å². The number of carbonyl (C=O) groups excluding carboxylic acids is 4. The lowest BCUT2D eigenvalue weighted by Gasteiger charge is -2.24. The minimum Gasteiger partial charge on any atom is -0.462 e. The van der Waals surface area contributed by atoms with Crippen LogP contribution in [0.2, 0.25) is 0 Å². The van der Waals surface area contributed by atoms with Crippen LogP contribution in [-0.4, -0.2) is 59.4 Å². The van der Waals surface area contributed by atoms with E-state index in [2.05, 4.69) is 10.6 Å². The summed E-state index contributed by atoms with van der Waals surface area (Å²) in [6, 6.07) is 12.9. The van der Waals surface area contributed by atoms with Crippen LogP contribution in [0.15, 0.2) is 48.5 Å². The molecule has 1 fully saturated rings. The SMILES string of the molecule is CCOC(=O)c1ccc(NC(=O)C[C@@H]2C(=O)N(c3ccc(C)cc3)C(=S)N2CCNC(C)=O)cc1. The number of benzene rings is 2. The van der Waals surface area contributed by atoms with Gasteiger partial charge in [-0.1, -0.05) is 17.7 Å². The van der Waals surface area contributed by atoms with E-state index in [0.29, 0.717) is 16.9 Å². The number of aryl methyl sites for hydroxylation is 1. The smallest absolute Gasteiger partial charge is 0.338 e.